The Morgan fingerprint density at radius 1 is 1.30 bits per heavy atom. The minimum Gasteiger partial charge on any atom is -0.399 e. The van der Waals surface area contributed by atoms with Gasteiger partial charge in [0, 0.05) is 16.9 Å². The number of hydrogen-bond donors (Lipinski definition) is 2. The number of hydrogen-bond acceptors (Lipinski definition) is 3. The van der Waals surface area contributed by atoms with Crippen molar-refractivity contribution in [2.24, 2.45) is 0 Å². The zero-order valence-electron chi connectivity index (χ0n) is 5.37. The SMILES string of the molecule is Nc1ccc(C=O)c(N)c1. The maximum Gasteiger partial charge on any atom is 0.152 e. The number of carbonyl (C=O) groups is 1. The molecule has 0 aliphatic heterocycles. The van der Waals surface area contributed by atoms with Crippen molar-refractivity contribution in [3.05, 3.63) is 23.8 Å². The smallest absolute Gasteiger partial charge is 0.152 e. The van der Waals surface area contributed by atoms with E-state index in [-0.39, 0.29) is 0 Å². The highest BCUT2D eigenvalue weighted by atomic mass is 16.1. The topological polar surface area (TPSA) is 69.1 Å². The third-order valence-electron chi connectivity index (χ3n) is 1.24. The van der Waals surface area contributed by atoms with Crippen LogP contribution in [0.1, 0.15) is 10.4 Å². The van der Waals surface area contributed by atoms with Crippen molar-refractivity contribution in [2.75, 3.05) is 11.5 Å². The molecule has 52 valence electrons. The second kappa shape index (κ2) is 2.39. The van der Waals surface area contributed by atoms with E-state index < -0.39 is 0 Å². The predicted molar refractivity (Wildman–Crippen MR) is 40.7 cm³/mol. The monoisotopic (exact) mass is 136 g/mol. The Hall–Kier alpha value is -1.51. The Kier molecular flexibility index (Phi) is 1.58. The summed E-state index contributed by atoms with van der Waals surface area (Å²) in [7, 11) is 0. The minimum absolute atomic E-state index is 0.426. The summed E-state index contributed by atoms with van der Waals surface area (Å²) in [4.78, 5) is 10.2. The fraction of sp³-hybridized carbons (Fsp3) is 0. The second-order valence-corrected chi connectivity index (χ2v) is 2.01. The largest absolute Gasteiger partial charge is 0.399 e. The Morgan fingerprint density at radius 3 is 2.50 bits per heavy atom. The first-order chi connectivity index (χ1) is 4.74. The molecule has 0 radical (unpaired) electrons. The van der Waals surface area contributed by atoms with Gasteiger partial charge in [0.05, 0.1) is 0 Å². The van der Waals surface area contributed by atoms with Gasteiger partial charge in [-0.25, -0.2) is 0 Å². The zero-order valence-corrected chi connectivity index (χ0v) is 5.37. The van der Waals surface area contributed by atoms with Gasteiger partial charge in [0.15, 0.2) is 6.29 Å². The number of nitrogen functional groups attached to an aromatic ring is 2. The molecule has 0 aliphatic carbocycles. The van der Waals surface area contributed by atoms with Crippen molar-refractivity contribution in [1.82, 2.24) is 0 Å². The first-order valence-corrected chi connectivity index (χ1v) is 2.84. The predicted octanol–water partition coefficient (Wildman–Crippen LogP) is 0.664. The maximum absolute atomic E-state index is 10.2. The van der Waals surface area contributed by atoms with E-state index in [0.29, 0.717) is 23.2 Å². The Balaban J connectivity index is 3.19. The van der Waals surface area contributed by atoms with Crippen LogP contribution >= 0.6 is 0 Å². The van der Waals surface area contributed by atoms with Crippen molar-refractivity contribution in [1.29, 1.82) is 0 Å². The highest BCUT2D eigenvalue weighted by molar-refractivity contribution is 5.84. The van der Waals surface area contributed by atoms with E-state index in [1.54, 1.807) is 18.2 Å². The van der Waals surface area contributed by atoms with Crippen LogP contribution in [0.25, 0.3) is 0 Å². The molecular formula is C7H8N2O. The Morgan fingerprint density at radius 2 is 2.00 bits per heavy atom. The molecule has 0 aliphatic rings. The van der Waals surface area contributed by atoms with Gasteiger partial charge in [0.2, 0.25) is 0 Å². The molecule has 10 heavy (non-hydrogen) atoms. The summed E-state index contributed by atoms with van der Waals surface area (Å²) < 4.78 is 0. The summed E-state index contributed by atoms with van der Waals surface area (Å²) >= 11 is 0. The fourth-order valence-electron chi connectivity index (χ4n) is 0.701. The molecule has 0 saturated heterocycles. The molecule has 0 amide bonds. The number of aldehydes is 1. The average Bonchev–Trinajstić information content (AvgIpc) is 1.88. The van der Waals surface area contributed by atoms with Gasteiger partial charge < -0.3 is 11.5 Å². The normalized spacial score (nSPS) is 9.20. The van der Waals surface area contributed by atoms with E-state index in [1.165, 1.54) is 0 Å². The fourth-order valence-corrected chi connectivity index (χ4v) is 0.701. The molecule has 1 aromatic carbocycles. The van der Waals surface area contributed by atoms with Crippen LogP contribution < -0.4 is 11.5 Å². The molecular weight excluding hydrogens is 128 g/mol. The van der Waals surface area contributed by atoms with Gasteiger partial charge in [-0.2, -0.15) is 0 Å². The summed E-state index contributed by atoms with van der Waals surface area (Å²) in [5.41, 5.74) is 12.3. The summed E-state index contributed by atoms with van der Waals surface area (Å²) in [6.07, 6.45) is 0.703. The number of rotatable bonds is 1. The van der Waals surface area contributed by atoms with Gasteiger partial charge in [-0.05, 0) is 18.2 Å². The Labute approximate surface area is 58.6 Å². The van der Waals surface area contributed by atoms with Gasteiger partial charge in [0.1, 0.15) is 0 Å². The number of nitrogens with two attached hydrogens (primary N) is 2. The third kappa shape index (κ3) is 1.07. The van der Waals surface area contributed by atoms with E-state index in [4.69, 9.17) is 11.5 Å². The molecule has 0 bridgehead atoms. The highest BCUT2D eigenvalue weighted by Crippen LogP contribution is 2.12. The van der Waals surface area contributed by atoms with Crippen molar-refractivity contribution in [2.45, 2.75) is 0 Å². The lowest BCUT2D eigenvalue weighted by Crippen LogP contribution is -1.94. The van der Waals surface area contributed by atoms with Crippen molar-refractivity contribution in [3.63, 3.8) is 0 Å². The lowest BCUT2D eigenvalue weighted by atomic mass is 10.2. The molecule has 3 nitrogen and oxygen atoms in total. The standard InChI is InChI=1S/C7H8N2O/c8-6-2-1-5(4-10)7(9)3-6/h1-4H,8-9H2. The summed E-state index contributed by atoms with van der Waals surface area (Å²) in [6, 6.07) is 4.79. The molecule has 0 aromatic heterocycles. The van der Waals surface area contributed by atoms with Crippen LogP contribution in [-0.4, -0.2) is 6.29 Å². The molecule has 0 fully saturated rings. The van der Waals surface area contributed by atoms with Gasteiger partial charge >= 0.3 is 0 Å². The first-order valence-electron chi connectivity index (χ1n) is 2.84. The summed E-state index contributed by atoms with van der Waals surface area (Å²) in [5.74, 6) is 0. The number of carbonyl (C=O) groups excluding carboxylic acids is 1. The van der Waals surface area contributed by atoms with E-state index in [9.17, 15) is 4.79 Å². The van der Waals surface area contributed by atoms with Gasteiger partial charge in [-0.1, -0.05) is 0 Å². The third-order valence-corrected chi connectivity index (χ3v) is 1.24. The zero-order chi connectivity index (χ0) is 7.56. The molecule has 1 aromatic rings. The molecule has 1 rings (SSSR count). The molecule has 4 N–H and O–H groups in total. The minimum atomic E-state index is 0.426. The molecule has 0 saturated carbocycles. The first kappa shape index (κ1) is 6.61. The molecule has 0 atom stereocenters. The Bertz CT molecular complexity index is 258. The van der Waals surface area contributed by atoms with Crippen LogP contribution in [0.3, 0.4) is 0 Å². The highest BCUT2D eigenvalue weighted by Gasteiger charge is 1.95. The van der Waals surface area contributed by atoms with Crippen LogP contribution in [0, 0.1) is 0 Å². The van der Waals surface area contributed by atoms with Crippen LogP contribution in [0.15, 0.2) is 18.2 Å². The van der Waals surface area contributed by atoms with Gasteiger partial charge in [-0.3, -0.25) is 4.79 Å². The number of anilines is 2. The lowest BCUT2D eigenvalue weighted by molar-refractivity contribution is 0.112. The van der Waals surface area contributed by atoms with E-state index in [2.05, 4.69) is 0 Å². The van der Waals surface area contributed by atoms with E-state index in [1.807, 2.05) is 0 Å². The quantitative estimate of drug-likeness (QED) is 0.440. The van der Waals surface area contributed by atoms with Crippen LogP contribution in [0.5, 0.6) is 0 Å². The average molecular weight is 136 g/mol. The number of benzene rings is 1. The second-order valence-electron chi connectivity index (χ2n) is 2.01. The van der Waals surface area contributed by atoms with Gasteiger partial charge in [0.25, 0.3) is 0 Å². The van der Waals surface area contributed by atoms with Crippen molar-refractivity contribution < 1.29 is 4.79 Å². The van der Waals surface area contributed by atoms with Crippen molar-refractivity contribution in [3.8, 4) is 0 Å². The molecule has 0 unspecified atom stereocenters. The summed E-state index contributed by atoms with van der Waals surface area (Å²) in [5, 5.41) is 0. The molecule has 3 heteroatoms. The van der Waals surface area contributed by atoms with Crippen LogP contribution in [0.2, 0.25) is 0 Å². The van der Waals surface area contributed by atoms with Gasteiger partial charge in [-0.15, -0.1) is 0 Å². The van der Waals surface area contributed by atoms with E-state index >= 15 is 0 Å². The lowest BCUT2D eigenvalue weighted by Gasteiger charge is -1.97. The summed E-state index contributed by atoms with van der Waals surface area (Å²) in [6.45, 7) is 0. The van der Waals surface area contributed by atoms with Crippen LogP contribution in [-0.2, 0) is 0 Å². The molecule has 0 spiro atoms. The molecule has 0 heterocycles. The van der Waals surface area contributed by atoms with E-state index in [0.717, 1.165) is 0 Å². The maximum atomic E-state index is 10.2. The van der Waals surface area contributed by atoms with Crippen molar-refractivity contribution >= 4 is 17.7 Å². The van der Waals surface area contributed by atoms with Crippen LogP contribution in [0.4, 0.5) is 11.4 Å².